The van der Waals surface area contributed by atoms with Crippen molar-refractivity contribution in [3.63, 3.8) is 0 Å². The molecule has 7 nitrogen and oxygen atoms in total. The van der Waals surface area contributed by atoms with Crippen LogP contribution in [0.15, 0.2) is 11.1 Å². The Bertz CT molecular complexity index is 581. The lowest BCUT2D eigenvalue weighted by Gasteiger charge is -2.21. The number of hydrogen-bond donors (Lipinski definition) is 1. The number of hydrogen-bond acceptors (Lipinski definition) is 4. The van der Waals surface area contributed by atoms with Crippen LogP contribution in [0.3, 0.4) is 0 Å². The molecule has 2 rings (SSSR count). The van der Waals surface area contributed by atoms with Crippen LogP contribution in [0.5, 0.6) is 0 Å². The fourth-order valence-corrected chi connectivity index (χ4v) is 3.93. The van der Waals surface area contributed by atoms with E-state index in [1.807, 2.05) is 6.92 Å². The first-order valence-electron chi connectivity index (χ1n) is 6.74. The second-order valence-electron chi connectivity index (χ2n) is 4.85. The highest BCUT2D eigenvalue weighted by molar-refractivity contribution is 7.89. The van der Waals surface area contributed by atoms with Crippen LogP contribution in [0, 0.1) is 6.92 Å². The first-order chi connectivity index (χ1) is 9.46. The molecule has 0 atom stereocenters. The highest BCUT2D eigenvalue weighted by Gasteiger charge is 2.29. The Morgan fingerprint density at radius 2 is 2.10 bits per heavy atom. The lowest BCUT2D eigenvalue weighted by molar-refractivity contribution is -0.130. The summed E-state index contributed by atoms with van der Waals surface area (Å²) in [7, 11) is -3.53. The van der Waals surface area contributed by atoms with Gasteiger partial charge < -0.3 is 4.90 Å². The third-order valence-corrected chi connectivity index (χ3v) is 5.52. The molecule has 0 spiro atoms. The molecule has 0 aliphatic carbocycles. The predicted octanol–water partition coefficient (Wildman–Crippen LogP) is 0.351. The smallest absolute Gasteiger partial charge is 0.246 e. The van der Waals surface area contributed by atoms with Gasteiger partial charge in [-0.25, -0.2) is 8.42 Å². The molecule has 1 N–H and O–H groups in total. The Morgan fingerprint density at radius 1 is 1.35 bits per heavy atom. The summed E-state index contributed by atoms with van der Waals surface area (Å²) in [6, 6.07) is 0. The number of aromatic nitrogens is 2. The Balaban J connectivity index is 2.15. The number of aromatic amines is 1. The number of nitrogens with zero attached hydrogens (tertiary/aromatic N) is 3. The maximum Gasteiger partial charge on any atom is 0.246 e. The van der Waals surface area contributed by atoms with Crippen molar-refractivity contribution in [1.29, 1.82) is 0 Å². The van der Waals surface area contributed by atoms with Crippen LogP contribution in [-0.4, -0.2) is 59.9 Å². The molecule has 1 aromatic rings. The van der Waals surface area contributed by atoms with Gasteiger partial charge >= 0.3 is 0 Å². The molecule has 0 aromatic carbocycles. The molecule has 1 fully saturated rings. The fraction of sp³-hybridized carbons (Fsp3) is 0.667. The van der Waals surface area contributed by atoms with Crippen molar-refractivity contribution in [2.45, 2.75) is 31.6 Å². The summed E-state index contributed by atoms with van der Waals surface area (Å²) in [6.07, 6.45) is 2.44. The molecular weight excluding hydrogens is 280 g/mol. The van der Waals surface area contributed by atoms with Crippen molar-refractivity contribution in [3.8, 4) is 0 Å². The Hall–Kier alpha value is -1.41. The van der Waals surface area contributed by atoms with Gasteiger partial charge in [0.05, 0.1) is 11.9 Å². The standard InChI is InChI=1S/C12H20N4O3S/c1-3-12(17)15-5-4-6-16(8-7-15)20(18,19)11-9-13-14-10(11)2/h9H,3-8H2,1-2H3,(H,13,14). The molecular formula is C12H20N4O3S. The van der Waals surface area contributed by atoms with Gasteiger partial charge in [0.2, 0.25) is 15.9 Å². The Labute approximate surface area is 119 Å². The number of amides is 1. The predicted molar refractivity (Wildman–Crippen MR) is 73.6 cm³/mol. The van der Waals surface area contributed by atoms with Gasteiger partial charge in [-0.15, -0.1) is 0 Å². The maximum absolute atomic E-state index is 12.5. The molecule has 1 aromatic heterocycles. The summed E-state index contributed by atoms with van der Waals surface area (Å²) in [4.78, 5) is 13.7. The van der Waals surface area contributed by atoms with Crippen molar-refractivity contribution in [2.75, 3.05) is 26.2 Å². The molecule has 0 saturated carbocycles. The van der Waals surface area contributed by atoms with Gasteiger partial charge in [0.15, 0.2) is 0 Å². The van der Waals surface area contributed by atoms with Crippen LogP contribution >= 0.6 is 0 Å². The molecule has 0 radical (unpaired) electrons. The Kier molecular flexibility index (Phi) is 4.44. The largest absolute Gasteiger partial charge is 0.341 e. The normalized spacial score (nSPS) is 18.0. The van der Waals surface area contributed by atoms with Crippen molar-refractivity contribution in [3.05, 3.63) is 11.9 Å². The zero-order chi connectivity index (χ0) is 14.8. The summed E-state index contributed by atoms with van der Waals surface area (Å²) >= 11 is 0. The van der Waals surface area contributed by atoms with Gasteiger partial charge in [-0.2, -0.15) is 9.40 Å². The molecule has 8 heteroatoms. The lowest BCUT2D eigenvalue weighted by Crippen LogP contribution is -2.37. The summed E-state index contributed by atoms with van der Waals surface area (Å²) < 4.78 is 26.5. The topological polar surface area (TPSA) is 86.4 Å². The van der Waals surface area contributed by atoms with Crippen LogP contribution in [0.4, 0.5) is 0 Å². The summed E-state index contributed by atoms with van der Waals surface area (Å²) in [6.45, 7) is 5.33. The van der Waals surface area contributed by atoms with Gasteiger partial charge in [-0.1, -0.05) is 6.92 Å². The average Bonchev–Trinajstić information content (AvgIpc) is 2.71. The van der Waals surface area contributed by atoms with Crippen LogP contribution in [0.25, 0.3) is 0 Å². The van der Waals surface area contributed by atoms with E-state index in [2.05, 4.69) is 10.2 Å². The number of carbonyl (C=O) groups excluding carboxylic acids is 1. The zero-order valence-corrected chi connectivity index (χ0v) is 12.6. The molecule has 20 heavy (non-hydrogen) atoms. The number of aryl methyl sites for hydroxylation is 1. The van der Waals surface area contributed by atoms with E-state index >= 15 is 0 Å². The van der Waals surface area contributed by atoms with E-state index in [4.69, 9.17) is 0 Å². The molecule has 2 heterocycles. The number of sulfonamides is 1. The van der Waals surface area contributed by atoms with Crippen molar-refractivity contribution in [2.24, 2.45) is 0 Å². The summed E-state index contributed by atoms with van der Waals surface area (Å²) in [5, 5.41) is 6.41. The molecule has 1 aliphatic rings. The Morgan fingerprint density at radius 3 is 2.70 bits per heavy atom. The number of rotatable bonds is 3. The zero-order valence-electron chi connectivity index (χ0n) is 11.8. The summed E-state index contributed by atoms with van der Waals surface area (Å²) in [5.41, 5.74) is 0.538. The van der Waals surface area contributed by atoms with Crippen LogP contribution < -0.4 is 0 Å². The molecule has 0 unspecified atom stereocenters. The van der Waals surface area contributed by atoms with E-state index in [9.17, 15) is 13.2 Å². The third-order valence-electron chi connectivity index (χ3n) is 3.51. The minimum absolute atomic E-state index is 0.0729. The van der Waals surface area contributed by atoms with Crippen LogP contribution in [-0.2, 0) is 14.8 Å². The molecule has 1 saturated heterocycles. The van der Waals surface area contributed by atoms with Crippen LogP contribution in [0.1, 0.15) is 25.5 Å². The van der Waals surface area contributed by atoms with Crippen molar-refractivity contribution in [1.82, 2.24) is 19.4 Å². The van der Waals surface area contributed by atoms with Gasteiger partial charge in [0, 0.05) is 32.6 Å². The molecule has 1 amide bonds. The SMILES string of the molecule is CCC(=O)N1CCCN(S(=O)(=O)c2cn[nH]c2C)CC1. The highest BCUT2D eigenvalue weighted by Crippen LogP contribution is 2.19. The van der Waals surface area contributed by atoms with E-state index in [1.165, 1.54) is 10.5 Å². The van der Waals surface area contributed by atoms with Crippen LogP contribution in [0.2, 0.25) is 0 Å². The quantitative estimate of drug-likeness (QED) is 0.872. The number of H-pyrrole nitrogens is 1. The van der Waals surface area contributed by atoms with Crippen molar-refractivity contribution >= 4 is 15.9 Å². The monoisotopic (exact) mass is 300 g/mol. The van der Waals surface area contributed by atoms with Crippen molar-refractivity contribution < 1.29 is 13.2 Å². The first kappa shape index (κ1) is 15.0. The minimum atomic E-state index is -3.53. The molecule has 0 bridgehead atoms. The van der Waals surface area contributed by atoms with Gasteiger partial charge in [0.1, 0.15) is 4.90 Å². The van der Waals surface area contributed by atoms with E-state index in [-0.39, 0.29) is 10.8 Å². The second-order valence-corrected chi connectivity index (χ2v) is 6.76. The van der Waals surface area contributed by atoms with Gasteiger partial charge in [-0.05, 0) is 13.3 Å². The van der Waals surface area contributed by atoms with E-state index in [0.717, 1.165) is 0 Å². The highest BCUT2D eigenvalue weighted by atomic mass is 32.2. The summed E-state index contributed by atoms with van der Waals surface area (Å²) in [5.74, 6) is 0.0729. The minimum Gasteiger partial charge on any atom is -0.341 e. The van der Waals surface area contributed by atoms with E-state index < -0.39 is 10.0 Å². The number of carbonyl (C=O) groups is 1. The van der Waals surface area contributed by atoms with Gasteiger partial charge in [-0.3, -0.25) is 9.89 Å². The van der Waals surface area contributed by atoms with E-state index in [1.54, 1.807) is 11.8 Å². The van der Waals surface area contributed by atoms with Gasteiger partial charge in [0.25, 0.3) is 0 Å². The average molecular weight is 300 g/mol. The number of nitrogens with one attached hydrogen (secondary N) is 1. The first-order valence-corrected chi connectivity index (χ1v) is 8.18. The maximum atomic E-state index is 12.5. The second kappa shape index (κ2) is 5.92. The molecule has 1 aliphatic heterocycles. The third kappa shape index (κ3) is 2.85. The lowest BCUT2D eigenvalue weighted by atomic mass is 10.3. The fourth-order valence-electron chi connectivity index (χ4n) is 2.35. The van der Waals surface area contributed by atoms with E-state index in [0.29, 0.717) is 44.7 Å². The molecule has 112 valence electrons.